The van der Waals surface area contributed by atoms with E-state index >= 15 is 0 Å². The number of ether oxygens (including phenoxy) is 1. The van der Waals surface area contributed by atoms with Gasteiger partial charge in [-0.1, -0.05) is 0 Å². The lowest BCUT2D eigenvalue weighted by Crippen LogP contribution is -2.40. The van der Waals surface area contributed by atoms with Gasteiger partial charge in [0, 0.05) is 18.8 Å². The van der Waals surface area contributed by atoms with Crippen molar-refractivity contribution in [2.24, 2.45) is 0 Å². The fourth-order valence-electron chi connectivity index (χ4n) is 2.47. The molecule has 1 N–H and O–H groups in total. The third kappa shape index (κ3) is 2.74. The van der Waals surface area contributed by atoms with Crippen molar-refractivity contribution in [1.29, 1.82) is 0 Å². The fraction of sp³-hybridized carbons (Fsp3) is 0.538. The number of pyridine rings is 1. The van der Waals surface area contributed by atoms with Crippen LogP contribution in [0, 0.1) is 0 Å². The van der Waals surface area contributed by atoms with Gasteiger partial charge in [0.1, 0.15) is 0 Å². The van der Waals surface area contributed by atoms with E-state index in [1.165, 1.54) is 0 Å². The number of anilines is 1. The first kappa shape index (κ1) is 12.9. The van der Waals surface area contributed by atoms with Crippen LogP contribution in [0.5, 0.6) is 0 Å². The summed E-state index contributed by atoms with van der Waals surface area (Å²) in [5.74, 6) is 0.676. The van der Waals surface area contributed by atoms with E-state index in [4.69, 9.17) is 4.74 Å². The lowest BCUT2D eigenvalue weighted by atomic mass is 9.94. The van der Waals surface area contributed by atoms with Crippen molar-refractivity contribution in [3.8, 4) is 0 Å². The molecule has 3 rings (SSSR count). The Labute approximate surface area is 120 Å². The quantitative estimate of drug-likeness (QED) is 0.922. The van der Waals surface area contributed by atoms with Gasteiger partial charge in [0.2, 0.25) is 5.95 Å². The topological polar surface area (TPSA) is 51.5 Å². The zero-order valence-electron chi connectivity index (χ0n) is 11.1. The average molecular weight is 325 g/mol. The van der Waals surface area contributed by atoms with Crippen molar-refractivity contribution >= 4 is 27.5 Å². The zero-order chi connectivity index (χ0) is 13.5. The first-order valence-electron chi connectivity index (χ1n) is 6.45. The van der Waals surface area contributed by atoms with Gasteiger partial charge in [-0.25, -0.2) is 4.52 Å². The van der Waals surface area contributed by atoms with Crippen molar-refractivity contribution in [2.45, 2.75) is 38.3 Å². The highest BCUT2D eigenvalue weighted by Crippen LogP contribution is 2.26. The van der Waals surface area contributed by atoms with Crippen molar-refractivity contribution in [1.82, 2.24) is 14.6 Å². The molecule has 1 fully saturated rings. The predicted molar refractivity (Wildman–Crippen MR) is 77.4 cm³/mol. The molecule has 5 nitrogen and oxygen atoms in total. The first-order chi connectivity index (χ1) is 9.03. The summed E-state index contributed by atoms with van der Waals surface area (Å²) < 4.78 is 8.44. The maximum atomic E-state index is 5.72. The summed E-state index contributed by atoms with van der Waals surface area (Å²) in [4.78, 5) is 4.51. The number of fused-ring (bicyclic) bond motifs is 1. The number of hydrogen-bond acceptors (Lipinski definition) is 4. The molecule has 1 unspecified atom stereocenters. The molecular formula is C13H17BrN4O. The monoisotopic (exact) mass is 324 g/mol. The maximum Gasteiger partial charge on any atom is 0.243 e. The van der Waals surface area contributed by atoms with E-state index in [9.17, 15) is 0 Å². The first-order valence-corrected chi connectivity index (χ1v) is 7.24. The van der Waals surface area contributed by atoms with Crippen molar-refractivity contribution in [2.75, 3.05) is 11.9 Å². The molecule has 0 amide bonds. The maximum absolute atomic E-state index is 5.72. The Morgan fingerprint density at radius 3 is 3.11 bits per heavy atom. The van der Waals surface area contributed by atoms with E-state index in [-0.39, 0.29) is 5.60 Å². The van der Waals surface area contributed by atoms with Crippen LogP contribution in [0.1, 0.15) is 26.7 Å². The molecule has 0 spiro atoms. The smallest absolute Gasteiger partial charge is 0.243 e. The Kier molecular flexibility index (Phi) is 3.22. The third-order valence-electron chi connectivity index (χ3n) is 3.35. The number of rotatable bonds is 2. The van der Waals surface area contributed by atoms with Gasteiger partial charge in [0.15, 0.2) is 5.65 Å². The summed E-state index contributed by atoms with van der Waals surface area (Å²) >= 11 is 3.48. The van der Waals surface area contributed by atoms with Crippen LogP contribution in [-0.4, -0.2) is 32.8 Å². The molecule has 2 aromatic heterocycles. The molecule has 1 aliphatic heterocycles. The van der Waals surface area contributed by atoms with Crippen LogP contribution < -0.4 is 5.32 Å². The zero-order valence-corrected chi connectivity index (χ0v) is 12.6. The second-order valence-electron chi connectivity index (χ2n) is 5.50. The van der Waals surface area contributed by atoms with Crippen molar-refractivity contribution in [3.05, 3.63) is 22.8 Å². The summed E-state index contributed by atoms with van der Waals surface area (Å²) in [5, 5.41) is 7.85. The van der Waals surface area contributed by atoms with Crippen LogP contribution >= 0.6 is 15.9 Å². The van der Waals surface area contributed by atoms with E-state index in [1.54, 1.807) is 4.52 Å². The summed E-state index contributed by atoms with van der Waals surface area (Å²) in [7, 11) is 0. The van der Waals surface area contributed by atoms with E-state index in [2.05, 4.69) is 45.2 Å². The largest absolute Gasteiger partial charge is 0.375 e. The van der Waals surface area contributed by atoms with Crippen LogP contribution in [-0.2, 0) is 4.74 Å². The normalized spacial score (nSPS) is 22.6. The predicted octanol–water partition coefficient (Wildman–Crippen LogP) is 2.86. The minimum Gasteiger partial charge on any atom is -0.375 e. The second-order valence-corrected chi connectivity index (χ2v) is 6.36. The fourth-order valence-corrected chi connectivity index (χ4v) is 2.90. The Bertz CT molecular complexity index is 595. The Hall–Kier alpha value is -1.14. The van der Waals surface area contributed by atoms with E-state index in [1.807, 2.05) is 18.3 Å². The third-order valence-corrected chi connectivity index (χ3v) is 3.96. The van der Waals surface area contributed by atoms with Gasteiger partial charge in [0.05, 0.1) is 10.1 Å². The SMILES string of the molecule is CC1(C)CC(Nc2nc3c(Br)cccn3n2)CCO1. The average Bonchev–Trinajstić information content (AvgIpc) is 2.71. The van der Waals surface area contributed by atoms with Gasteiger partial charge in [-0.3, -0.25) is 0 Å². The number of nitrogens with one attached hydrogen (secondary N) is 1. The molecule has 1 aliphatic rings. The molecule has 0 radical (unpaired) electrons. The molecule has 102 valence electrons. The van der Waals surface area contributed by atoms with Crippen LogP contribution in [0.4, 0.5) is 5.95 Å². The lowest BCUT2D eigenvalue weighted by Gasteiger charge is -2.35. The molecule has 19 heavy (non-hydrogen) atoms. The highest BCUT2D eigenvalue weighted by molar-refractivity contribution is 9.10. The number of halogens is 1. The number of aromatic nitrogens is 3. The van der Waals surface area contributed by atoms with Gasteiger partial charge in [0.25, 0.3) is 0 Å². The molecule has 0 saturated carbocycles. The number of nitrogens with zero attached hydrogens (tertiary/aromatic N) is 3. The van der Waals surface area contributed by atoms with Gasteiger partial charge in [-0.2, -0.15) is 4.98 Å². The summed E-state index contributed by atoms with van der Waals surface area (Å²) in [6.45, 7) is 5.02. The van der Waals surface area contributed by atoms with E-state index in [0.717, 1.165) is 29.6 Å². The second kappa shape index (κ2) is 4.76. The van der Waals surface area contributed by atoms with E-state index < -0.39 is 0 Å². The van der Waals surface area contributed by atoms with Gasteiger partial charge >= 0.3 is 0 Å². The van der Waals surface area contributed by atoms with Crippen LogP contribution in [0.3, 0.4) is 0 Å². The molecule has 6 heteroatoms. The van der Waals surface area contributed by atoms with Crippen LogP contribution in [0.15, 0.2) is 22.8 Å². The molecular weight excluding hydrogens is 308 g/mol. The van der Waals surface area contributed by atoms with Crippen molar-refractivity contribution in [3.63, 3.8) is 0 Å². The minimum absolute atomic E-state index is 0.0738. The Morgan fingerprint density at radius 1 is 1.53 bits per heavy atom. The van der Waals surface area contributed by atoms with Crippen LogP contribution in [0.25, 0.3) is 5.65 Å². The number of hydrogen-bond donors (Lipinski definition) is 1. The minimum atomic E-state index is -0.0738. The summed E-state index contributed by atoms with van der Waals surface area (Å²) in [5.41, 5.74) is 0.756. The molecule has 1 atom stereocenters. The Morgan fingerprint density at radius 2 is 2.37 bits per heavy atom. The molecule has 0 aliphatic carbocycles. The van der Waals surface area contributed by atoms with Gasteiger partial charge in [-0.05, 0) is 54.8 Å². The highest BCUT2D eigenvalue weighted by atomic mass is 79.9. The molecule has 0 bridgehead atoms. The standard InChI is InChI=1S/C13H17BrN4O/c1-13(2)8-9(5-7-19-13)15-12-16-11-10(14)4-3-6-18(11)17-12/h3-4,6,9H,5,7-8H2,1-2H3,(H,15,17). The molecule has 2 aromatic rings. The van der Waals surface area contributed by atoms with E-state index in [0.29, 0.717) is 12.0 Å². The highest BCUT2D eigenvalue weighted by Gasteiger charge is 2.29. The van der Waals surface area contributed by atoms with Crippen LogP contribution in [0.2, 0.25) is 0 Å². The molecule has 3 heterocycles. The Balaban J connectivity index is 1.80. The van der Waals surface area contributed by atoms with Crippen molar-refractivity contribution < 1.29 is 4.74 Å². The molecule has 1 saturated heterocycles. The molecule has 0 aromatic carbocycles. The van der Waals surface area contributed by atoms with Gasteiger partial charge < -0.3 is 10.1 Å². The lowest BCUT2D eigenvalue weighted by molar-refractivity contribution is -0.0553. The summed E-state index contributed by atoms with van der Waals surface area (Å²) in [6, 6.07) is 4.26. The van der Waals surface area contributed by atoms with Gasteiger partial charge in [-0.15, -0.1) is 5.10 Å². The summed E-state index contributed by atoms with van der Waals surface area (Å²) in [6.07, 6.45) is 3.84.